The van der Waals surface area contributed by atoms with Crippen LogP contribution in [0, 0.1) is 0 Å². The van der Waals surface area contributed by atoms with E-state index in [0.717, 1.165) is 51.0 Å². The predicted molar refractivity (Wildman–Crippen MR) is 73.5 cm³/mol. The van der Waals surface area contributed by atoms with E-state index in [2.05, 4.69) is 10.6 Å². The highest BCUT2D eigenvalue weighted by molar-refractivity contribution is 5.92. The van der Waals surface area contributed by atoms with Gasteiger partial charge in [0, 0.05) is 18.7 Å². The molecule has 1 fully saturated rings. The summed E-state index contributed by atoms with van der Waals surface area (Å²) in [6.45, 7) is 7.43. The molecule has 0 aromatic heterocycles. The Hall–Kier alpha value is -0.870. The Bertz CT molecular complexity index is 271. The van der Waals surface area contributed by atoms with Gasteiger partial charge in [-0.15, -0.1) is 0 Å². The largest absolute Gasteiger partial charge is 0.378 e. The van der Waals surface area contributed by atoms with Crippen molar-refractivity contribution in [1.29, 1.82) is 0 Å². The van der Waals surface area contributed by atoms with E-state index in [1.807, 2.05) is 19.9 Å². The summed E-state index contributed by atoms with van der Waals surface area (Å²) in [5.41, 5.74) is 0.803. The van der Waals surface area contributed by atoms with Crippen LogP contribution in [0.3, 0.4) is 0 Å². The molecule has 1 aliphatic rings. The lowest BCUT2D eigenvalue weighted by Crippen LogP contribution is -2.33. The first-order valence-electron chi connectivity index (χ1n) is 7.01. The molecule has 0 atom stereocenters. The van der Waals surface area contributed by atoms with E-state index in [1.54, 1.807) is 0 Å². The van der Waals surface area contributed by atoms with Crippen LogP contribution in [0.2, 0.25) is 0 Å². The normalized spacial score (nSPS) is 17.8. The summed E-state index contributed by atoms with van der Waals surface area (Å²) in [5.74, 6) is 0.0405. The third kappa shape index (κ3) is 6.17. The molecule has 0 spiro atoms. The molecule has 0 bridgehead atoms. The maximum absolute atomic E-state index is 11.6. The van der Waals surface area contributed by atoms with Gasteiger partial charge in [-0.2, -0.15) is 0 Å². The Kier molecular flexibility index (Phi) is 7.69. The Morgan fingerprint density at radius 3 is 2.83 bits per heavy atom. The van der Waals surface area contributed by atoms with Crippen molar-refractivity contribution < 1.29 is 9.53 Å². The summed E-state index contributed by atoms with van der Waals surface area (Å²) >= 11 is 0. The standard InChI is InChI=1S/C14H26N2O2/c1-3-5-12(2)14(17)16-8-4-11-18-13-6-9-15-10-7-13/h5,13,15H,3-4,6-11H2,1-2H3,(H,16,17). The fourth-order valence-electron chi connectivity index (χ4n) is 2.02. The van der Waals surface area contributed by atoms with Gasteiger partial charge in [-0.05, 0) is 45.7 Å². The number of ether oxygens (including phenoxy) is 1. The van der Waals surface area contributed by atoms with E-state index < -0.39 is 0 Å². The number of hydrogen-bond donors (Lipinski definition) is 2. The molecule has 4 nitrogen and oxygen atoms in total. The number of carbonyl (C=O) groups excluding carboxylic acids is 1. The lowest BCUT2D eigenvalue weighted by Gasteiger charge is -2.22. The van der Waals surface area contributed by atoms with E-state index in [-0.39, 0.29) is 5.91 Å². The molecular formula is C14H26N2O2. The molecule has 0 aliphatic carbocycles. The maximum Gasteiger partial charge on any atom is 0.246 e. The molecule has 1 rings (SSSR count). The third-order valence-electron chi connectivity index (χ3n) is 3.11. The first kappa shape index (κ1) is 15.2. The van der Waals surface area contributed by atoms with E-state index in [4.69, 9.17) is 4.74 Å². The van der Waals surface area contributed by atoms with Crippen molar-refractivity contribution in [2.45, 2.75) is 45.6 Å². The van der Waals surface area contributed by atoms with E-state index in [1.165, 1.54) is 0 Å². The van der Waals surface area contributed by atoms with Crippen molar-refractivity contribution >= 4 is 5.91 Å². The average molecular weight is 254 g/mol. The van der Waals surface area contributed by atoms with Gasteiger partial charge in [0.25, 0.3) is 0 Å². The van der Waals surface area contributed by atoms with Gasteiger partial charge < -0.3 is 15.4 Å². The Labute approximate surface area is 110 Å². The predicted octanol–water partition coefficient (Wildman–Crippen LogP) is 1.62. The van der Waals surface area contributed by atoms with Gasteiger partial charge in [0.1, 0.15) is 0 Å². The summed E-state index contributed by atoms with van der Waals surface area (Å²) in [6.07, 6.45) is 6.34. The minimum atomic E-state index is 0.0405. The molecule has 0 unspecified atom stereocenters. The third-order valence-corrected chi connectivity index (χ3v) is 3.11. The summed E-state index contributed by atoms with van der Waals surface area (Å²) < 4.78 is 5.77. The van der Waals surface area contributed by atoms with E-state index in [9.17, 15) is 4.79 Å². The second-order valence-electron chi connectivity index (χ2n) is 4.72. The Balaban J connectivity index is 2.01. The molecule has 104 valence electrons. The van der Waals surface area contributed by atoms with Gasteiger partial charge in [-0.25, -0.2) is 0 Å². The smallest absolute Gasteiger partial charge is 0.246 e. The average Bonchev–Trinajstić information content (AvgIpc) is 2.39. The van der Waals surface area contributed by atoms with Crippen molar-refractivity contribution in [3.63, 3.8) is 0 Å². The molecule has 2 N–H and O–H groups in total. The maximum atomic E-state index is 11.6. The number of rotatable bonds is 7. The van der Waals surface area contributed by atoms with Gasteiger partial charge in [0.2, 0.25) is 5.91 Å². The number of amides is 1. The molecule has 18 heavy (non-hydrogen) atoms. The highest BCUT2D eigenvalue weighted by atomic mass is 16.5. The van der Waals surface area contributed by atoms with Gasteiger partial charge in [0.05, 0.1) is 6.10 Å². The van der Waals surface area contributed by atoms with E-state index in [0.29, 0.717) is 12.6 Å². The fourth-order valence-corrected chi connectivity index (χ4v) is 2.02. The molecule has 1 heterocycles. The molecule has 0 aromatic rings. The van der Waals surface area contributed by atoms with Gasteiger partial charge in [0.15, 0.2) is 0 Å². The molecule has 4 heteroatoms. The van der Waals surface area contributed by atoms with Crippen LogP contribution in [-0.4, -0.2) is 38.3 Å². The summed E-state index contributed by atoms with van der Waals surface area (Å²) in [5, 5.41) is 6.22. The quantitative estimate of drug-likeness (QED) is 0.536. The van der Waals surface area contributed by atoms with Crippen LogP contribution >= 0.6 is 0 Å². The molecular weight excluding hydrogens is 228 g/mol. The van der Waals surface area contributed by atoms with Crippen molar-refractivity contribution in [3.05, 3.63) is 11.6 Å². The molecule has 0 aromatic carbocycles. The number of nitrogens with one attached hydrogen (secondary N) is 2. The number of piperidine rings is 1. The second-order valence-corrected chi connectivity index (χ2v) is 4.72. The van der Waals surface area contributed by atoms with Crippen molar-refractivity contribution in [2.75, 3.05) is 26.2 Å². The van der Waals surface area contributed by atoms with Crippen molar-refractivity contribution in [3.8, 4) is 0 Å². The first-order valence-corrected chi connectivity index (χ1v) is 7.01. The zero-order valence-corrected chi connectivity index (χ0v) is 11.6. The van der Waals surface area contributed by atoms with Crippen LogP contribution in [0.5, 0.6) is 0 Å². The van der Waals surface area contributed by atoms with Crippen LogP contribution in [0.4, 0.5) is 0 Å². The first-order chi connectivity index (χ1) is 8.74. The SMILES string of the molecule is CCC=C(C)C(=O)NCCCOC1CCNCC1. The number of carbonyl (C=O) groups is 1. The highest BCUT2D eigenvalue weighted by Crippen LogP contribution is 2.07. The van der Waals surface area contributed by atoms with Crippen LogP contribution in [0.1, 0.15) is 39.5 Å². The van der Waals surface area contributed by atoms with Crippen molar-refractivity contribution in [1.82, 2.24) is 10.6 Å². The van der Waals surface area contributed by atoms with Crippen LogP contribution in [0.15, 0.2) is 11.6 Å². The minimum Gasteiger partial charge on any atom is -0.378 e. The molecule has 0 saturated carbocycles. The highest BCUT2D eigenvalue weighted by Gasteiger charge is 2.12. The lowest BCUT2D eigenvalue weighted by molar-refractivity contribution is -0.117. The second kappa shape index (κ2) is 9.11. The number of hydrogen-bond acceptors (Lipinski definition) is 3. The molecule has 1 amide bonds. The molecule has 1 saturated heterocycles. The molecule has 1 aliphatic heterocycles. The monoisotopic (exact) mass is 254 g/mol. The lowest BCUT2D eigenvalue weighted by atomic mass is 10.1. The van der Waals surface area contributed by atoms with E-state index >= 15 is 0 Å². The van der Waals surface area contributed by atoms with Crippen LogP contribution in [0.25, 0.3) is 0 Å². The summed E-state index contributed by atoms with van der Waals surface area (Å²) in [6, 6.07) is 0. The molecule has 0 radical (unpaired) electrons. The Morgan fingerprint density at radius 1 is 1.44 bits per heavy atom. The van der Waals surface area contributed by atoms with Crippen molar-refractivity contribution in [2.24, 2.45) is 0 Å². The summed E-state index contributed by atoms with van der Waals surface area (Å²) in [4.78, 5) is 11.6. The minimum absolute atomic E-state index is 0.0405. The zero-order chi connectivity index (χ0) is 13.2. The van der Waals surface area contributed by atoms with Gasteiger partial charge in [-0.3, -0.25) is 4.79 Å². The fraction of sp³-hybridized carbons (Fsp3) is 0.786. The van der Waals surface area contributed by atoms with Crippen LogP contribution in [-0.2, 0) is 9.53 Å². The van der Waals surface area contributed by atoms with Gasteiger partial charge >= 0.3 is 0 Å². The zero-order valence-electron chi connectivity index (χ0n) is 11.6. The van der Waals surface area contributed by atoms with Crippen LogP contribution < -0.4 is 10.6 Å². The Morgan fingerprint density at radius 2 is 2.17 bits per heavy atom. The van der Waals surface area contributed by atoms with Gasteiger partial charge in [-0.1, -0.05) is 13.0 Å². The topological polar surface area (TPSA) is 50.4 Å². The summed E-state index contributed by atoms with van der Waals surface area (Å²) in [7, 11) is 0. The number of allylic oxidation sites excluding steroid dienone is 1.